The summed E-state index contributed by atoms with van der Waals surface area (Å²) in [6.45, 7) is 0.919. The third-order valence-electron chi connectivity index (χ3n) is 4.97. The van der Waals surface area contributed by atoms with E-state index in [1.165, 1.54) is 5.56 Å². The number of carbonyl (C=O) groups is 1. The van der Waals surface area contributed by atoms with Crippen molar-refractivity contribution < 1.29 is 18.8 Å². The van der Waals surface area contributed by atoms with E-state index in [1.807, 2.05) is 47.3 Å². The first-order valence-electron chi connectivity index (χ1n) is 9.71. The molecule has 0 aliphatic heterocycles. The summed E-state index contributed by atoms with van der Waals surface area (Å²) in [6.07, 6.45) is 1.99. The molecule has 0 spiro atoms. The number of para-hydroxylation sites is 2. The summed E-state index contributed by atoms with van der Waals surface area (Å²) in [5.74, 6) is 1.09. The van der Waals surface area contributed by atoms with Crippen molar-refractivity contribution in [3.05, 3.63) is 84.7 Å². The molecule has 3 aromatic carbocycles. The fourth-order valence-electron chi connectivity index (χ4n) is 3.53. The minimum Gasteiger partial charge on any atom is -0.497 e. The van der Waals surface area contributed by atoms with E-state index in [4.69, 9.17) is 9.47 Å². The van der Waals surface area contributed by atoms with Crippen molar-refractivity contribution in [2.45, 2.75) is 13.1 Å². The van der Waals surface area contributed by atoms with Crippen molar-refractivity contribution in [1.29, 1.82) is 0 Å². The number of nitrogens with zero attached hydrogens (tertiary/aromatic N) is 2. The zero-order valence-electron chi connectivity index (χ0n) is 17.0. The number of methoxy groups -OCH3 is 2. The van der Waals surface area contributed by atoms with Gasteiger partial charge in [0.2, 0.25) is 6.33 Å². The predicted octanol–water partition coefficient (Wildman–Crippen LogP) is 3.63. The Morgan fingerprint density at radius 2 is 1.73 bits per heavy atom. The van der Waals surface area contributed by atoms with E-state index >= 15 is 0 Å². The van der Waals surface area contributed by atoms with Crippen LogP contribution in [0.4, 0.5) is 5.69 Å². The second-order valence-corrected chi connectivity index (χ2v) is 6.96. The van der Waals surface area contributed by atoms with Crippen molar-refractivity contribution in [1.82, 2.24) is 4.57 Å². The van der Waals surface area contributed by atoms with Crippen LogP contribution >= 0.6 is 0 Å². The van der Waals surface area contributed by atoms with Crippen molar-refractivity contribution in [2.24, 2.45) is 0 Å². The summed E-state index contributed by atoms with van der Waals surface area (Å²) in [5.41, 5.74) is 3.86. The lowest BCUT2D eigenvalue weighted by molar-refractivity contribution is -0.663. The molecular formula is C24H24N3O3+. The molecule has 1 amide bonds. The van der Waals surface area contributed by atoms with E-state index in [1.54, 1.807) is 32.4 Å². The third-order valence-corrected chi connectivity index (χ3v) is 4.97. The van der Waals surface area contributed by atoms with Gasteiger partial charge in [0.15, 0.2) is 17.6 Å². The smallest absolute Gasteiger partial charge is 0.266 e. The Labute approximate surface area is 175 Å². The largest absolute Gasteiger partial charge is 0.497 e. The van der Waals surface area contributed by atoms with Gasteiger partial charge in [-0.15, -0.1) is 0 Å². The van der Waals surface area contributed by atoms with Crippen molar-refractivity contribution >= 4 is 22.6 Å². The van der Waals surface area contributed by atoms with Gasteiger partial charge in [-0.25, -0.2) is 9.13 Å². The standard InChI is InChI=1S/C24H23N3O3/c1-29-19-12-13-23(30-2)20(14-19)25-24(28)16-27-17-26(15-18-8-4-3-5-9-18)21-10-6-7-11-22(21)27/h3-14,17H,15-16H2,1-2H3/p+1. The number of nitrogens with one attached hydrogen (secondary N) is 1. The number of anilines is 1. The molecule has 0 saturated carbocycles. The lowest BCUT2D eigenvalue weighted by Crippen LogP contribution is -2.33. The van der Waals surface area contributed by atoms with Crippen LogP contribution in [0.3, 0.4) is 0 Å². The van der Waals surface area contributed by atoms with Gasteiger partial charge >= 0.3 is 0 Å². The molecule has 6 nitrogen and oxygen atoms in total. The van der Waals surface area contributed by atoms with Gasteiger partial charge in [0.25, 0.3) is 5.91 Å². The van der Waals surface area contributed by atoms with E-state index < -0.39 is 0 Å². The molecule has 4 aromatic rings. The van der Waals surface area contributed by atoms with E-state index in [0.29, 0.717) is 17.2 Å². The number of amides is 1. The molecule has 0 aliphatic rings. The monoisotopic (exact) mass is 402 g/mol. The number of benzene rings is 3. The van der Waals surface area contributed by atoms with Crippen molar-refractivity contribution in [3.8, 4) is 11.5 Å². The highest BCUT2D eigenvalue weighted by atomic mass is 16.5. The second kappa shape index (κ2) is 8.69. The van der Waals surface area contributed by atoms with Gasteiger partial charge in [0, 0.05) is 6.07 Å². The molecule has 6 heteroatoms. The van der Waals surface area contributed by atoms with Gasteiger partial charge in [0.1, 0.15) is 18.0 Å². The maximum atomic E-state index is 12.8. The summed E-state index contributed by atoms with van der Waals surface area (Å²) >= 11 is 0. The highest BCUT2D eigenvalue weighted by Crippen LogP contribution is 2.29. The summed E-state index contributed by atoms with van der Waals surface area (Å²) in [4.78, 5) is 12.8. The summed E-state index contributed by atoms with van der Waals surface area (Å²) in [7, 11) is 3.16. The molecule has 0 radical (unpaired) electrons. The number of carbonyl (C=O) groups excluding carboxylic acids is 1. The third kappa shape index (κ3) is 4.12. The molecule has 1 N–H and O–H groups in total. The number of aromatic nitrogens is 2. The SMILES string of the molecule is COc1ccc(OC)c(NC(=O)Cn2c[n+](Cc3ccccc3)c3ccccc32)c1. The molecular weight excluding hydrogens is 378 g/mol. The van der Waals surface area contributed by atoms with Crippen LogP contribution in [0.1, 0.15) is 5.56 Å². The average molecular weight is 402 g/mol. The Morgan fingerprint density at radius 1 is 0.967 bits per heavy atom. The Balaban J connectivity index is 1.59. The molecule has 0 bridgehead atoms. The van der Waals surface area contributed by atoms with Gasteiger partial charge in [0.05, 0.1) is 19.9 Å². The first-order valence-corrected chi connectivity index (χ1v) is 9.71. The van der Waals surface area contributed by atoms with Crippen LogP contribution in [0, 0.1) is 0 Å². The zero-order valence-corrected chi connectivity index (χ0v) is 17.0. The summed E-state index contributed by atoms with van der Waals surface area (Å²) in [5, 5.41) is 2.93. The summed E-state index contributed by atoms with van der Waals surface area (Å²) in [6, 6.07) is 23.7. The van der Waals surface area contributed by atoms with Crippen LogP contribution in [-0.2, 0) is 17.9 Å². The molecule has 0 unspecified atom stereocenters. The van der Waals surface area contributed by atoms with Gasteiger partial charge < -0.3 is 14.8 Å². The number of rotatable bonds is 7. The van der Waals surface area contributed by atoms with Crippen LogP contribution in [0.25, 0.3) is 11.0 Å². The lowest BCUT2D eigenvalue weighted by Gasteiger charge is -2.11. The topological polar surface area (TPSA) is 56.4 Å². The predicted molar refractivity (Wildman–Crippen MR) is 116 cm³/mol. The minimum absolute atomic E-state index is 0.144. The highest BCUT2D eigenvalue weighted by molar-refractivity contribution is 5.93. The van der Waals surface area contributed by atoms with Crippen LogP contribution in [0.5, 0.6) is 11.5 Å². The lowest BCUT2D eigenvalue weighted by atomic mass is 10.2. The Bertz CT molecular complexity index is 1170. The molecule has 4 rings (SSSR count). The molecule has 0 saturated heterocycles. The number of hydrogen-bond acceptors (Lipinski definition) is 3. The molecule has 30 heavy (non-hydrogen) atoms. The molecule has 0 atom stereocenters. The van der Waals surface area contributed by atoms with Gasteiger partial charge in [-0.1, -0.05) is 42.5 Å². The average Bonchev–Trinajstić information content (AvgIpc) is 3.11. The van der Waals surface area contributed by atoms with E-state index in [-0.39, 0.29) is 12.5 Å². The van der Waals surface area contributed by atoms with Crippen molar-refractivity contribution in [2.75, 3.05) is 19.5 Å². The van der Waals surface area contributed by atoms with Crippen LogP contribution < -0.4 is 19.4 Å². The Hall–Kier alpha value is -3.80. The van der Waals surface area contributed by atoms with E-state index in [2.05, 4.69) is 28.1 Å². The van der Waals surface area contributed by atoms with Crippen LogP contribution in [0.15, 0.2) is 79.1 Å². The fraction of sp³-hybridized carbons (Fsp3) is 0.167. The molecule has 0 fully saturated rings. The second-order valence-electron chi connectivity index (χ2n) is 6.96. The first kappa shape index (κ1) is 19.5. The van der Waals surface area contributed by atoms with Gasteiger partial charge in [-0.3, -0.25) is 4.79 Å². The molecule has 1 heterocycles. The van der Waals surface area contributed by atoms with Crippen LogP contribution in [0.2, 0.25) is 0 Å². The van der Waals surface area contributed by atoms with Crippen LogP contribution in [-0.4, -0.2) is 24.7 Å². The Morgan fingerprint density at radius 3 is 2.50 bits per heavy atom. The zero-order chi connectivity index (χ0) is 20.9. The fourth-order valence-corrected chi connectivity index (χ4v) is 3.53. The first-order chi connectivity index (χ1) is 14.7. The number of fused-ring (bicyclic) bond motifs is 1. The quantitative estimate of drug-likeness (QED) is 0.480. The molecule has 152 valence electrons. The van der Waals surface area contributed by atoms with E-state index in [0.717, 1.165) is 17.6 Å². The Kier molecular flexibility index (Phi) is 5.66. The summed E-state index contributed by atoms with van der Waals surface area (Å²) < 4.78 is 14.7. The number of imidazole rings is 1. The number of ether oxygens (including phenoxy) is 2. The highest BCUT2D eigenvalue weighted by Gasteiger charge is 2.19. The maximum Gasteiger partial charge on any atom is 0.266 e. The normalized spacial score (nSPS) is 10.7. The van der Waals surface area contributed by atoms with Gasteiger partial charge in [-0.05, 0) is 29.8 Å². The van der Waals surface area contributed by atoms with Gasteiger partial charge in [-0.2, -0.15) is 0 Å². The number of hydrogen-bond donors (Lipinski definition) is 1. The molecule has 0 aliphatic carbocycles. The minimum atomic E-state index is -0.144. The van der Waals surface area contributed by atoms with E-state index in [9.17, 15) is 4.79 Å². The molecule has 1 aromatic heterocycles. The van der Waals surface area contributed by atoms with Crippen molar-refractivity contribution in [3.63, 3.8) is 0 Å². The maximum absolute atomic E-state index is 12.8.